The third-order valence-electron chi connectivity index (χ3n) is 3.15. The standard InChI is InChI=1S/C14H20N2O/c1-9-12-11(17-6)8-7-10(14(2,3)4)13(12)16(5)15-9/h7-8H,1-6H3. The summed E-state index contributed by atoms with van der Waals surface area (Å²) in [6.45, 7) is 8.68. The zero-order chi connectivity index (χ0) is 12.8. The smallest absolute Gasteiger partial charge is 0.130 e. The van der Waals surface area contributed by atoms with E-state index < -0.39 is 0 Å². The van der Waals surface area contributed by atoms with Crippen LogP contribution in [0.2, 0.25) is 0 Å². The number of aromatic nitrogens is 2. The molecule has 1 aromatic carbocycles. The Kier molecular flexibility index (Phi) is 2.64. The van der Waals surface area contributed by atoms with Crippen LogP contribution in [0, 0.1) is 6.92 Å². The lowest BCUT2D eigenvalue weighted by molar-refractivity contribution is 0.419. The van der Waals surface area contributed by atoms with Crippen molar-refractivity contribution in [1.29, 1.82) is 0 Å². The zero-order valence-corrected chi connectivity index (χ0v) is 11.5. The first-order chi connectivity index (χ1) is 7.86. The van der Waals surface area contributed by atoms with Crippen molar-refractivity contribution in [3.05, 3.63) is 23.4 Å². The van der Waals surface area contributed by atoms with Crippen molar-refractivity contribution in [3.8, 4) is 5.75 Å². The van der Waals surface area contributed by atoms with E-state index in [4.69, 9.17) is 4.74 Å². The molecule has 0 spiro atoms. The number of rotatable bonds is 1. The Hall–Kier alpha value is -1.51. The SMILES string of the molecule is COc1ccc(C(C)(C)C)c2c1c(C)nn2C. The lowest BCUT2D eigenvalue weighted by atomic mass is 9.85. The fraction of sp³-hybridized carbons (Fsp3) is 0.500. The molecule has 0 radical (unpaired) electrons. The molecule has 0 saturated carbocycles. The summed E-state index contributed by atoms with van der Waals surface area (Å²) in [5.74, 6) is 0.901. The molecule has 0 atom stereocenters. The molecule has 2 rings (SSSR count). The lowest BCUT2D eigenvalue weighted by Gasteiger charge is -2.21. The van der Waals surface area contributed by atoms with Gasteiger partial charge in [0, 0.05) is 7.05 Å². The van der Waals surface area contributed by atoms with Gasteiger partial charge in [-0.25, -0.2) is 0 Å². The van der Waals surface area contributed by atoms with Crippen molar-refractivity contribution in [2.24, 2.45) is 7.05 Å². The maximum atomic E-state index is 5.44. The van der Waals surface area contributed by atoms with Gasteiger partial charge in [0.1, 0.15) is 5.75 Å². The average Bonchev–Trinajstić information content (AvgIpc) is 2.53. The van der Waals surface area contributed by atoms with E-state index in [9.17, 15) is 0 Å². The third-order valence-corrected chi connectivity index (χ3v) is 3.15. The monoisotopic (exact) mass is 232 g/mol. The third kappa shape index (κ3) is 1.79. The molecule has 1 heterocycles. The van der Waals surface area contributed by atoms with Gasteiger partial charge in [0.15, 0.2) is 0 Å². The first kappa shape index (κ1) is 12.0. The van der Waals surface area contributed by atoms with Crippen molar-refractivity contribution >= 4 is 10.9 Å². The predicted octanol–water partition coefficient (Wildman–Crippen LogP) is 3.19. The molecule has 3 heteroatoms. The highest BCUT2D eigenvalue weighted by Crippen LogP contribution is 2.36. The topological polar surface area (TPSA) is 27.1 Å². The fourth-order valence-electron chi connectivity index (χ4n) is 2.36. The molecule has 0 aliphatic carbocycles. The van der Waals surface area contributed by atoms with E-state index >= 15 is 0 Å². The van der Waals surface area contributed by atoms with Gasteiger partial charge < -0.3 is 4.74 Å². The van der Waals surface area contributed by atoms with E-state index in [1.165, 1.54) is 11.1 Å². The Labute approximate surface area is 102 Å². The molecule has 0 amide bonds. The van der Waals surface area contributed by atoms with Gasteiger partial charge in [-0.15, -0.1) is 0 Å². The number of fused-ring (bicyclic) bond motifs is 1. The van der Waals surface area contributed by atoms with Crippen LogP contribution in [-0.4, -0.2) is 16.9 Å². The number of benzene rings is 1. The Morgan fingerprint density at radius 3 is 2.41 bits per heavy atom. The fourth-order valence-corrected chi connectivity index (χ4v) is 2.36. The second-order valence-electron chi connectivity index (χ2n) is 5.50. The van der Waals surface area contributed by atoms with E-state index in [0.717, 1.165) is 16.8 Å². The Morgan fingerprint density at radius 1 is 1.24 bits per heavy atom. The van der Waals surface area contributed by atoms with Gasteiger partial charge in [-0.1, -0.05) is 26.8 Å². The first-order valence-corrected chi connectivity index (χ1v) is 5.87. The van der Waals surface area contributed by atoms with Gasteiger partial charge in [0.25, 0.3) is 0 Å². The van der Waals surface area contributed by atoms with Crippen LogP contribution in [0.5, 0.6) is 5.75 Å². The summed E-state index contributed by atoms with van der Waals surface area (Å²) in [4.78, 5) is 0. The summed E-state index contributed by atoms with van der Waals surface area (Å²) in [6, 6.07) is 4.18. The number of hydrogen-bond donors (Lipinski definition) is 0. The minimum Gasteiger partial charge on any atom is -0.496 e. The highest BCUT2D eigenvalue weighted by Gasteiger charge is 2.22. The van der Waals surface area contributed by atoms with Gasteiger partial charge in [-0.2, -0.15) is 5.10 Å². The molecular formula is C14H20N2O. The molecule has 0 aliphatic heterocycles. The first-order valence-electron chi connectivity index (χ1n) is 5.87. The summed E-state index contributed by atoms with van der Waals surface area (Å²) in [7, 11) is 3.70. The van der Waals surface area contributed by atoms with E-state index in [2.05, 4.69) is 31.9 Å². The molecule has 0 saturated heterocycles. The van der Waals surface area contributed by atoms with Crippen LogP contribution >= 0.6 is 0 Å². The van der Waals surface area contributed by atoms with Crippen LogP contribution in [0.15, 0.2) is 12.1 Å². The average molecular weight is 232 g/mol. The number of aryl methyl sites for hydroxylation is 2. The quantitative estimate of drug-likeness (QED) is 0.755. The maximum absolute atomic E-state index is 5.44. The molecule has 3 nitrogen and oxygen atoms in total. The molecule has 92 valence electrons. The normalized spacial score (nSPS) is 12.1. The van der Waals surface area contributed by atoms with Crippen molar-refractivity contribution in [2.45, 2.75) is 33.1 Å². The Morgan fingerprint density at radius 2 is 1.88 bits per heavy atom. The van der Waals surface area contributed by atoms with Gasteiger partial charge in [0.05, 0.1) is 23.7 Å². The van der Waals surface area contributed by atoms with Crippen molar-refractivity contribution in [3.63, 3.8) is 0 Å². The van der Waals surface area contributed by atoms with E-state index in [1.54, 1.807) is 7.11 Å². The summed E-state index contributed by atoms with van der Waals surface area (Å²) in [5, 5.41) is 5.64. The maximum Gasteiger partial charge on any atom is 0.130 e. The molecule has 0 unspecified atom stereocenters. The van der Waals surface area contributed by atoms with Crippen LogP contribution < -0.4 is 4.74 Å². The molecule has 0 bridgehead atoms. The summed E-state index contributed by atoms with van der Waals surface area (Å²) >= 11 is 0. The largest absolute Gasteiger partial charge is 0.496 e. The van der Waals surface area contributed by atoms with Crippen LogP contribution in [0.4, 0.5) is 0 Å². The van der Waals surface area contributed by atoms with Crippen LogP contribution in [0.25, 0.3) is 10.9 Å². The van der Waals surface area contributed by atoms with Crippen LogP contribution in [0.1, 0.15) is 32.0 Å². The summed E-state index contributed by atoms with van der Waals surface area (Å²) in [6.07, 6.45) is 0. The minimum absolute atomic E-state index is 0.102. The summed E-state index contributed by atoms with van der Waals surface area (Å²) < 4.78 is 7.39. The predicted molar refractivity (Wildman–Crippen MR) is 70.7 cm³/mol. The Bertz CT molecular complexity index is 562. The van der Waals surface area contributed by atoms with Crippen molar-refractivity contribution in [2.75, 3.05) is 7.11 Å². The summed E-state index contributed by atoms with van der Waals surface area (Å²) in [5.41, 5.74) is 3.60. The second-order valence-corrected chi connectivity index (χ2v) is 5.50. The van der Waals surface area contributed by atoms with E-state index in [1.807, 2.05) is 24.7 Å². The number of ether oxygens (including phenoxy) is 1. The van der Waals surface area contributed by atoms with E-state index in [0.29, 0.717) is 0 Å². The van der Waals surface area contributed by atoms with Gasteiger partial charge in [-0.05, 0) is 24.0 Å². The van der Waals surface area contributed by atoms with Gasteiger partial charge in [0.2, 0.25) is 0 Å². The molecular weight excluding hydrogens is 212 g/mol. The molecule has 2 aromatic rings. The number of methoxy groups -OCH3 is 1. The van der Waals surface area contributed by atoms with Crippen LogP contribution in [-0.2, 0) is 12.5 Å². The second kappa shape index (κ2) is 3.76. The Balaban J connectivity index is 2.91. The number of nitrogens with zero attached hydrogens (tertiary/aromatic N) is 2. The molecule has 17 heavy (non-hydrogen) atoms. The molecule has 0 N–H and O–H groups in total. The van der Waals surface area contributed by atoms with Gasteiger partial charge >= 0.3 is 0 Å². The van der Waals surface area contributed by atoms with Crippen molar-refractivity contribution in [1.82, 2.24) is 9.78 Å². The molecule has 1 aromatic heterocycles. The minimum atomic E-state index is 0.102. The van der Waals surface area contributed by atoms with Gasteiger partial charge in [-0.3, -0.25) is 4.68 Å². The molecule has 0 fully saturated rings. The zero-order valence-electron chi connectivity index (χ0n) is 11.5. The van der Waals surface area contributed by atoms with Crippen molar-refractivity contribution < 1.29 is 4.74 Å². The lowest BCUT2D eigenvalue weighted by Crippen LogP contribution is -2.13. The highest BCUT2D eigenvalue weighted by molar-refractivity contribution is 5.91. The molecule has 0 aliphatic rings. The number of hydrogen-bond acceptors (Lipinski definition) is 2. The van der Waals surface area contributed by atoms with E-state index in [-0.39, 0.29) is 5.41 Å². The van der Waals surface area contributed by atoms with Crippen LogP contribution in [0.3, 0.4) is 0 Å². The highest BCUT2D eigenvalue weighted by atomic mass is 16.5.